The summed E-state index contributed by atoms with van der Waals surface area (Å²) in [7, 11) is 2.11. The maximum atomic E-state index is 3.45. The van der Waals surface area contributed by atoms with E-state index in [9.17, 15) is 0 Å². The smallest absolute Gasteiger partial charge is 0.00923 e. The fraction of sp³-hybridized carbons (Fsp3) is 1.00. The molecule has 2 unspecified atom stereocenters. The average molecular weight is 201 g/mol. The first-order valence-electron chi connectivity index (χ1n) is 5.63. The van der Waals surface area contributed by atoms with Gasteiger partial charge in [-0.3, -0.25) is 0 Å². The molecule has 1 aliphatic rings. The molecular weight excluding hydrogens is 178 g/mol. The second-order valence-electron chi connectivity index (χ2n) is 3.93. The van der Waals surface area contributed by atoms with Gasteiger partial charge in [0.05, 0.1) is 0 Å². The summed E-state index contributed by atoms with van der Waals surface area (Å²) in [5.41, 5.74) is 0. The molecule has 0 spiro atoms. The highest BCUT2D eigenvalue weighted by molar-refractivity contribution is 7.99. The lowest BCUT2D eigenvalue weighted by molar-refractivity contribution is 0.398. The Morgan fingerprint density at radius 2 is 2.23 bits per heavy atom. The lowest BCUT2D eigenvalue weighted by Crippen LogP contribution is -2.28. The quantitative estimate of drug-likeness (QED) is 0.663. The Hall–Kier alpha value is 0.310. The Morgan fingerprint density at radius 3 is 2.92 bits per heavy atom. The zero-order valence-electron chi connectivity index (χ0n) is 9.01. The van der Waals surface area contributed by atoms with E-state index < -0.39 is 0 Å². The molecule has 1 rings (SSSR count). The molecule has 1 fully saturated rings. The van der Waals surface area contributed by atoms with Gasteiger partial charge in [0.25, 0.3) is 0 Å². The third-order valence-electron chi connectivity index (χ3n) is 3.10. The monoisotopic (exact) mass is 201 g/mol. The first kappa shape index (κ1) is 11.4. The van der Waals surface area contributed by atoms with E-state index in [-0.39, 0.29) is 0 Å². The second kappa shape index (κ2) is 6.72. The van der Waals surface area contributed by atoms with Gasteiger partial charge >= 0.3 is 0 Å². The Morgan fingerprint density at radius 1 is 1.38 bits per heavy atom. The molecule has 13 heavy (non-hydrogen) atoms. The first-order valence-corrected chi connectivity index (χ1v) is 6.79. The van der Waals surface area contributed by atoms with Gasteiger partial charge in [-0.25, -0.2) is 0 Å². The standard InChI is InChI=1S/C11H23NS/c1-3-13-9-5-7-10-6-4-8-11(10)12-2/h10-12H,3-9H2,1-2H3. The second-order valence-corrected chi connectivity index (χ2v) is 5.32. The molecule has 0 aromatic carbocycles. The average Bonchev–Trinajstić information content (AvgIpc) is 2.60. The van der Waals surface area contributed by atoms with Crippen molar-refractivity contribution in [2.24, 2.45) is 5.92 Å². The molecule has 0 aliphatic heterocycles. The van der Waals surface area contributed by atoms with Gasteiger partial charge in [0, 0.05) is 6.04 Å². The van der Waals surface area contributed by atoms with Crippen molar-refractivity contribution in [2.75, 3.05) is 18.6 Å². The van der Waals surface area contributed by atoms with Crippen LogP contribution < -0.4 is 5.32 Å². The van der Waals surface area contributed by atoms with Crippen molar-refractivity contribution in [2.45, 2.75) is 45.1 Å². The van der Waals surface area contributed by atoms with Crippen molar-refractivity contribution in [3.05, 3.63) is 0 Å². The minimum absolute atomic E-state index is 0.826. The molecule has 0 saturated heterocycles. The molecule has 78 valence electrons. The van der Waals surface area contributed by atoms with E-state index in [1.54, 1.807) is 0 Å². The highest BCUT2D eigenvalue weighted by Crippen LogP contribution is 2.29. The van der Waals surface area contributed by atoms with Gasteiger partial charge in [0.2, 0.25) is 0 Å². The van der Waals surface area contributed by atoms with E-state index in [0.717, 1.165) is 12.0 Å². The summed E-state index contributed by atoms with van der Waals surface area (Å²) in [6, 6.07) is 0.826. The number of rotatable bonds is 6. The maximum absolute atomic E-state index is 3.45. The summed E-state index contributed by atoms with van der Waals surface area (Å²) in [6.07, 6.45) is 7.17. The van der Waals surface area contributed by atoms with Crippen molar-refractivity contribution in [1.29, 1.82) is 0 Å². The van der Waals surface area contributed by atoms with Crippen molar-refractivity contribution >= 4 is 11.8 Å². The van der Waals surface area contributed by atoms with Crippen LogP contribution in [0.1, 0.15) is 39.0 Å². The molecule has 2 atom stereocenters. The van der Waals surface area contributed by atoms with E-state index in [1.165, 1.54) is 43.6 Å². The number of nitrogens with one attached hydrogen (secondary N) is 1. The fourth-order valence-corrected chi connectivity index (χ4v) is 3.01. The van der Waals surface area contributed by atoms with Crippen molar-refractivity contribution in [3.63, 3.8) is 0 Å². The van der Waals surface area contributed by atoms with E-state index >= 15 is 0 Å². The zero-order chi connectivity index (χ0) is 9.52. The van der Waals surface area contributed by atoms with Gasteiger partial charge in [0.15, 0.2) is 0 Å². The predicted molar refractivity (Wildman–Crippen MR) is 62.4 cm³/mol. The molecule has 0 bridgehead atoms. The lowest BCUT2D eigenvalue weighted by atomic mass is 9.98. The van der Waals surface area contributed by atoms with Crippen LogP contribution in [-0.2, 0) is 0 Å². The summed E-state index contributed by atoms with van der Waals surface area (Å²) in [6.45, 7) is 2.25. The minimum atomic E-state index is 0.826. The topological polar surface area (TPSA) is 12.0 Å². The minimum Gasteiger partial charge on any atom is -0.317 e. The summed E-state index contributed by atoms with van der Waals surface area (Å²) in [4.78, 5) is 0. The molecule has 0 amide bonds. The van der Waals surface area contributed by atoms with E-state index in [0.29, 0.717) is 0 Å². The third-order valence-corrected chi connectivity index (χ3v) is 4.08. The first-order chi connectivity index (χ1) is 6.38. The van der Waals surface area contributed by atoms with Crippen LogP contribution in [0.3, 0.4) is 0 Å². The third kappa shape index (κ3) is 3.90. The fourth-order valence-electron chi connectivity index (χ4n) is 2.35. The van der Waals surface area contributed by atoms with Crippen LogP contribution in [0.25, 0.3) is 0 Å². The molecule has 2 heteroatoms. The molecule has 0 aromatic heterocycles. The highest BCUT2D eigenvalue weighted by atomic mass is 32.2. The number of hydrogen-bond acceptors (Lipinski definition) is 2. The molecule has 0 aromatic rings. The Kier molecular flexibility index (Phi) is 5.88. The zero-order valence-corrected chi connectivity index (χ0v) is 9.83. The van der Waals surface area contributed by atoms with Gasteiger partial charge in [0.1, 0.15) is 0 Å². The summed E-state index contributed by atoms with van der Waals surface area (Å²) in [5.74, 6) is 3.62. The maximum Gasteiger partial charge on any atom is 0.00923 e. The van der Waals surface area contributed by atoms with E-state index in [2.05, 4.69) is 31.1 Å². The SMILES string of the molecule is CCSCCCC1CCCC1NC. The van der Waals surface area contributed by atoms with Crippen LogP contribution in [0.2, 0.25) is 0 Å². The number of hydrogen-bond donors (Lipinski definition) is 1. The van der Waals surface area contributed by atoms with Crippen LogP contribution in [0, 0.1) is 5.92 Å². The van der Waals surface area contributed by atoms with Crippen LogP contribution in [0.15, 0.2) is 0 Å². The summed E-state index contributed by atoms with van der Waals surface area (Å²) >= 11 is 2.08. The van der Waals surface area contributed by atoms with Gasteiger partial charge in [-0.05, 0) is 50.2 Å². The van der Waals surface area contributed by atoms with Gasteiger partial charge < -0.3 is 5.32 Å². The van der Waals surface area contributed by atoms with E-state index in [4.69, 9.17) is 0 Å². The summed E-state index contributed by atoms with van der Waals surface area (Å²) in [5, 5.41) is 3.45. The molecule has 1 aliphatic carbocycles. The number of thioether (sulfide) groups is 1. The Bertz CT molecular complexity index is 127. The van der Waals surface area contributed by atoms with E-state index in [1.807, 2.05) is 0 Å². The molecule has 1 saturated carbocycles. The summed E-state index contributed by atoms with van der Waals surface area (Å²) < 4.78 is 0. The van der Waals surface area contributed by atoms with Crippen molar-refractivity contribution in [1.82, 2.24) is 5.32 Å². The largest absolute Gasteiger partial charge is 0.317 e. The van der Waals surface area contributed by atoms with Crippen molar-refractivity contribution in [3.8, 4) is 0 Å². The van der Waals surface area contributed by atoms with Crippen LogP contribution in [0.4, 0.5) is 0 Å². The molecule has 0 heterocycles. The normalized spacial score (nSPS) is 28.2. The van der Waals surface area contributed by atoms with Crippen LogP contribution >= 0.6 is 11.8 Å². The Balaban J connectivity index is 2.06. The molecule has 0 radical (unpaired) electrons. The van der Waals surface area contributed by atoms with Crippen molar-refractivity contribution < 1.29 is 0 Å². The molecular formula is C11H23NS. The van der Waals surface area contributed by atoms with Gasteiger partial charge in [-0.2, -0.15) is 11.8 Å². The van der Waals surface area contributed by atoms with Crippen LogP contribution in [-0.4, -0.2) is 24.6 Å². The van der Waals surface area contributed by atoms with Crippen LogP contribution in [0.5, 0.6) is 0 Å². The highest BCUT2D eigenvalue weighted by Gasteiger charge is 2.24. The molecule has 1 nitrogen and oxygen atoms in total. The predicted octanol–water partition coefficient (Wildman–Crippen LogP) is 2.91. The van der Waals surface area contributed by atoms with Gasteiger partial charge in [-0.15, -0.1) is 0 Å². The lowest BCUT2D eigenvalue weighted by Gasteiger charge is -2.18. The Labute approximate surface area is 87.1 Å². The molecule has 1 N–H and O–H groups in total. The van der Waals surface area contributed by atoms with Gasteiger partial charge in [-0.1, -0.05) is 13.3 Å².